The molecule has 82 valence electrons. The summed E-state index contributed by atoms with van der Waals surface area (Å²) in [7, 11) is 3.58. The highest BCUT2D eigenvalue weighted by molar-refractivity contribution is 5.77. The largest absolute Gasteiger partial charge is 0.376 e. The van der Waals surface area contributed by atoms with E-state index in [0.717, 1.165) is 13.2 Å². The zero-order valence-corrected chi connectivity index (χ0v) is 9.49. The van der Waals surface area contributed by atoms with Gasteiger partial charge in [0.05, 0.1) is 19.3 Å². The monoisotopic (exact) mass is 200 g/mol. The first kappa shape index (κ1) is 11.5. The highest BCUT2D eigenvalue weighted by Crippen LogP contribution is 2.10. The van der Waals surface area contributed by atoms with Gasteiger partial charge in [0.25, 0.3) is 0 Å². The van der Waals surface area contributed by atoms with Gasteiger partial charge in [-0.2, -0.15) is 0 Å². The lowest BCUT2D eigenvalue weighted by molar-refractivity contribution is -0.133. The predicted molar refractivity (Wildman–Crippen MR) is 55.1 cm³/mol. The summed E-state index contributed by atoms with van der Waals surface area (Å²) in [4.78, 5) is 15.3. The Morgan fingerprint density at radius 1 is 1.50 bits per heavy atom. The van der Waals surface area contributed by atoms with Crippen molar-refractivity contribution < 1.29 is 9.53 Å². The number of hydrogen-bond donors (Lipinski definition) is 0. The quantitative estimate of drug-likeness (QED) is 0.637. The van der Waals surface area contributed by atoms with Crippen LogP contribution < -0.4 is 0 Å². The lowest BCUT2D eigenvalue weighted by atomic mass is 10.2. The molecule has 1 fully saturated rings. The number of rotatable bonds is 2. The highest BCUT2D eigenvalue weighted by Gasteiger charge is 2.25. The summed E-state index contributed by atoms with van der Waals surface area (Å²) in [5, 5.41) is 0. The van der Waals surface area contributed by atoms with E-state index in [1.54, 1.807) is 19.0 Å². The summed E-state index contributed by atoms with van der Waals surface area (Å²) in [6, 6.07) is 0.343. The molecule has 1 saturated heterocycles. The summed E-state index contributed by atoms with van der Waals surface area (Å²) < 4.78 is 5.50. The lowest BCUT2D eigenvalue weighted by Crippen LogP contribution is -2.50. The van der Waals surface area contributed by atoms with Crippen molar-refractivity contribution in [1.82, 2.24) is 9.80 Å². The fraction of sp³-hybridized carbons (Fsp3) is 0.900. The van der Waals surface area contributed by atoms with Crippen LogP contribution in [0, 0.1) is 0 Å². The van der Waals surface area contributed by atoms with E-state index in [9.17, 15) is 4.79 Å². The normalized spacial score (nSPS) is 28.9. The van der Waals surface area contributed by atoms with Gasteiger partial charge in [0.15, 0.2) is 0 Å². The maximum Gasteiger partial charge on any atom is 0.236 e. The Balaban J connectivity index is 2.45. The lowest BCUT2D eigenvalue weighted by Gasteiger charge is -2.36. The van der Waals surface area contributed by atoms with Crippen molar-refractivity contribution in [2.45, 2.75) is 26.0 Å². The molecule has 0 aromatic rings. The number of carbonyl (C=O) groups excluding carboxylic acids is 1. The van der Waals surface area contributed by atoms with E-state index in [1.807, 2.05) is 6.92 Å². The van der Waals surface area contributed by atoms with Gasteiger partial charge in [-0.3, -0.25) is 9.69 Å². The molecule has 14 heavy (non-hydrogen) atoms. The molecule has 4 heteroatoms. The van der Waals surface area contributed by atoms with Crippen LogP contribution in [-0.2, 0) is 9.53 Å². The third kappa shape index (κ3) is 2.96. The maximum atomic E-state index is 11.5. The van der Waals surface area contributed by atoms with Gasteiger partial charge in [0, 0.05) is 26.7 Å². The van der Waals surface area contributed by atoms with Gasteiger partial charge < -0.3 is 9.64 Å². The Kier molecular flexibility index (Phi) is 3.89. The van der Waals surface area contributed by atoms with E-state index in [2.05, 4.69) is 11.8 Å². The molecule has 0 saturated carbocycles. The molecule has 2 unspecified atom stereocenters. The fourth-order valence-corrected chi connectivity index (χ4v) is 1.51. The van der Waals surface area contributed by atoms with E-state index < -0.39 is 0 Å². The first-order valence-electron chi connectivity index (χ1n) is 5.06. The van der Waals surface area contributed by atoms with Crippen molar-refractivity contribution in [2.24, 2.45) is 0 Å². The molecule has 0 aliphatic carbocycles. The van der Waals surface area contributed by atoms with Crippen LogP contribution in [0.1, 0.15) is 13.8 Å². The van der Waals surface area contributed by atoms with Crippen molar-refractivity contribution in [3.8, 4) is 0 Å². The van der Waals surface area contributed by atoms with E-state index in [1.165, 1.54) is 0 Å². The third-order valence-electron chi connectivity index (χ3n) is 2.57. The summed E-state index contributed by atoms with van der Waals surface area (Å²) >= 11 is 0. The molecule has 1 aliphatic rings. The SMILES string of the molecule is CC1CN(CC(=O)N(C)C)C(C)CO1. The zero-order valence-electron chi connectivity index (χ0n) is 9.49. The van der Waals surface area contributed by atoms with Crippen molar-refractivity contribution in [1.29, 1.82) is 0 Å². The van der Waals surface area contributed by atoms with Gasteiger partial charge in [-0.05, 0) is 13.8 Å². The maximum absolute atomic E-state index is 11.5. The second-order valence-electron chi connectivity index (χ2n) is 4.21. The standard InChI is InChI=1S/C10H20N2O2/c1-8-7-14-9(2)5-12(8)6-10(13)11(3)4/h8-9H,5-7H2,1-4H3. The Bertz CT molecular complexity index is 206. The second-order valence-corrected chi connectivity index (χ2v) is 4.21. The molecule has 0 aromatic heterocycles. The molecule has 0 spiro atoms. The molecule has 1 heterocycles. The molecule has 0 bridgehead atoms. The molecular formula is C10H20N2O2. The van der Waals surface area contributed by atoms with Gasteiger partial charge in [-0.25, -0.2) is 0 Å². The molecule has 0 aromatic carbocycles. The Hall–Kier alpha value is -0.610. The molecule has 0 N–H and O–H groups in total. The minimum atomic E-state index is 0.158. The number of ether oxygens (including phenoxy) is 1. The van der Waals surface area contributed by atoms with Crippen molar-refractivity contribution in [2.75, 3.05) is 33.8 Å². The Labute approximate surface area is 85.8 Å². The van der Waals surface area contributed by atoms with E-state index in [-0.39, 0.29) is 12.0 Å². The number of likely N-dealkylation sites (N-methyl/N-ethyl adjacent to an activating group) is 1. The van der Waals surface area contributed by atoms with E-state index in [4.69, 9.17) is 4.74 Å². The van der Waals surface area contributed by atoms with Crippen LogP contribution in [-0.4, -0.2) is 61.6 Å². The van der Waals surface area contributed by atoms with Gasteiger partial charge in [-0.1, -0.05) is 0 Å². The second kappa shape index (κ2) is 4.75. The Morgan fingerprint density at radius 3 is 2.71 bits per heavy atom. The van der Waals surface area contributed by atoms with Crippen LogP contribution in [0.4, 0.5) is 0 Å². The minimum Gasteiger partial charge on any atom is -0.376 e. The topological polar surface area (TPSA) is 32.8 Å². The first-order valence-corrected chi connectivity index (χ1v) is 5.06. The van der Waals surface area contributed by atoms with Crippen LogP contribution in [0.2, 0.25) is 0 Å². The first-order chi connectivity index (χ1) is 6.50. The van der Waals surface area contributed by atoms with Gasteiger partial charge >= 0.3 is 0 Å². The summed E-state index contributed by atoms with van der Waals surface area (Å²) in [5.41, 5.74) is 0. The molecule has 1 aliphatic heterocycles. The summed E-state index contributed by atoms with van der Waals surface area (Å²) in [5.74, 6) is 0.158. The molecular weight excluding hydrogens is 180 g/mol. The third-order valence-corrected chi connectivity index (χ3v) is 2.57. The van der Waals surface area contributed by atoms with Gasteiger partial charge in [-0.15, -0.1) is 0 Å². The zero-order chi connectivity index (χ0) is 10.7. The van der Waals surface area contributed by atoms with Crippen LogP contribution in [0.25, 0.3) is 0 Å². The summed E-state index contributed by atoms with van der Waals surface area (Å²) in [6.45, 7) is 6.21. The number of morpholine rings is 1. The number of hydrogen-bond acceptors (Lipinski definition) is 3. The predicted octanol–water partition coefficient (Wildman–Crippen LogP) is 0.184. The van der Waals surface area contributed by atoms with E-state index >= 15 is 0 Å². The number of amides is 1. The van der Waals surface area contributed by atoms with Gasteiger partial charge in [0.1, 0.15) is 0 Å². The molecule has 4 nitrogen and oxygen atoms in total. The van der Waals surface area contributed by atoms with Crippen LogP contribution in [0.3, 0.4) is 0 Å². The average molecular weight is 200 g/mol. The number of nitrogens with zero attached hydrogens (tertiary/aromatic N) is 2. The molecule has 1 rings (SSSR count). The summed E-state index contributed by atoms with van der Waals surface area (Å²) in [6.07, 6.45) is 0.237. The highest BCUT2D eigenvalue weighted by atomic mass is 16.5. The fourth-order valence-electron chi connectivity index (χ4n) is 1.51. The van der Waals surface area contributed by atoms with Crippen molar-refractivity contribution >= 4 is 5.91 Å². The minimum absolute atomic E-state index is 0.158. The van der Waals surface area contributed by atoms with Gasteiger partial charge in [0.2, 0.25) is 5.91 Å². The number of carbonyl (C=O) groups is 1. The average Bonchev–Trinajstić information content (AvgIpc) is 2.11. The van der Waals surface area contributed by atoms with Crippen molar-refractivity contribution in [3.05, 3.63) is 0 Å². The van der Waals surface area contributed by atoms with Crippen molar-refractivity contribution in [3.63, 3.8) is 0 Å². The molecule has 0 radical (unpaired) electrons. The molecule has 1 amide bonds. The Morgan fingerprint density at radius 2 is 2.14 bits per heavy atom. The van der Waals surface area contributed by atoms with E-state index in [0.29, 0.717) is 12.6 Å². The van der Waals surface area contributed by atoms with Crippen LogP contribution >= 0.6 is 0 Å². The molecule has 2 atom stereocenters. The van der Waals surface area contributed by atoms with Crippen LogP contribution in [0.15, 0.2) is 0 Å². The smallest absolute Gasteiger partial charge is 0.236 e. The van der Waals surface area contributed by atoms with Crippen LogP contribution in [0.5, 0.6) is 0 Å².